The van der Waals surface area contributed by atoms with E-state index in [1.165, 1.54) is 4.90 Å². The second-order valence-electron chi connectivity index (χ2n) is 10.3. The molecule has 1 aromatic heterocycles. The van der Waals surface area contributed by atoms with Crippen molar-refractivity contribution in [3.63, 3.8) is 0 Å². The number of hydrogen-bond acceptors (Lipinski definition) is 7. The first kappa shape index (κ1) is 26.9. The maximum absolute atomic E-state index is 12.9. The van der Waals surface area contributed by atoms with Crippen molar-refractivity contribution in [1.82, 2.24) is 20.7 Å². The second kappa shape index (κ2) is 11.1. The number of nitrogens with one attached hydrogen (secondary N) is 2. The van der Waals surface area contributed by atoms with Gasteiger partial charge in [0.25, 0.3) is 5.91 Å². The number of hydrogen-bond donors (Lipinski definition) is 3. The van der Waals surface area contributed by atoms with E-state index in [1.54, 1.807) is 50.5 Å². The van der Waals surface area contributed by atoms with Gasteiger partial charge in [-0.15, -0.1) is 0 Å². The van der Waals surface area contributed by atoms with Gasteiger partial charge >= 0.3 is 6.09 Å². The van der Waals surface area contributed by atoms with Gasteiger partial charge < -0.3 is 19.7 Å². The van der Waals surface area contributed by atoms with Crippen LogP contribution >= 0.6 is 0 Å². The average Bonchev–Trinajstić information content (AvgIpc) is 3.30. The number of benzene rings is 2. The third-order valence-electron chi connectivity index (χ3n) is 6.18. The topological polar surface area (TPSA) is 130 Å². The second-order valence-corrected chi connectivity index (χ2v) is 10.3. The van der Waals surface area contributed by atoms with Crippen molar-refractivity contribution >= 4 is 28.8 Å². The van der Waals surface area contributed by atoms with Gasteiger partial charge in [-0.3, -0.25) is 19.8 Å². The number of para-hydroxylation sites is 1. The zero-order chi connectivity index (χ0) is 27.4. The molecule has 1 fully saturated rings. The summed E-state index contributed by atoms with van der Waals surface area (Å²) in [5.74, 6) is -1.35. The van der Waals surface area contributed by atoms with Crippen LogP contribution < -0.4 is 15.5 Å². The Morgan fingerprint density at radius 1 is 1.08 bits per heavy atom. The molecule has 2 aromatic carbocycles. The molecule has 0 radical (unpaired) electrons. The highest BCUT2D eigenvalue weighted by Gasteiger charge is 2.41. The number of nitrogens with zero attached hydrogens (tertiary/aromatic N) is 2. The predicted octanol–water partition coefficient (Wildman–Crippen LogP) is 3.59. The lowest BCUT2D eigenvalue weighted by atomic mass is 10.0. The molecule has 3 N–H and O–H groups in total. The summed E-state index contributed by atoms with van der Waals surface area (Å²) in [5.41, 5.74) is 4.09. The Bertz CT molecular complexity index is 1340. The van der Waals surface area contributed by atoms with Crippen LogP contribution in [0.2, 0.25) is 0 Å². The van der Waals surface area contributed by atoms with Gasteiger partial charge in [0.15, 0.2) is 0 Å². The van der Waals surface area contributed by atoms with E-state index in [4.69, 9.17) is 14.7 Å². The standard InChI is InChI=1S/C28H32N4O6/c1-17-13-19(21-7-5-6-8-23(21)29-17)16-37-20-11-9-18(10-12-20)25(33)30-24-15-32(14-22(24)26(34)31-36)27(35)38-28(2,3)4/h5-13,22,24,36H,14-16H2,1-4H3,(H,30,33)(H,31,34)/t22-,24+/m1/s1. The fraction of sp³-hybridized carbons (Fsp3) is 0.357. The fourth-order valence-electron chi connectivity index (χ4n) is 4.40. The molecule has 10 heteroatoms. The lowest BCUT2D eigenvalue weighted by molar-refractivity contribution is -0.133. The molecule has 0 bridgehead atoms. The van der Waals surface area contributed by atoms with Gasteiger partial charge in [-0.2, -0.15) is 0 Å². The van der Waals surface area contributed by atoms with E-state index in [9.17, 15) is 14.4 Å². The maximum atomic E-state index is 12.9. The van der Waals surface area contributed by atoms with E-state index in [0.717, 1.165) is 22.2 Å². The van der Waals surface area contributed by atoms with Crippen molar-refractivity contribution in [3.8, 4) is 5.75 Å². The minimum absolute atomic E-state index is 0.00218. The molecular weight excluding hydrogens is 488 g/mol. The van der Waals surface area contributed by atoms with Gasteiger partial charge in [0.2, 0.25) is 5.91 Å². The number of rotatable bonds is 6. The van der Waals surface area contributed by atoms with Crippen molar-refractivity contribution in [2.45, 2.75) is 45.9 Å². The molecule has 1 aliphatic rings. The molecule has 2 atom stereocenters. The Morgan fingerprint density at radius 2 is 1.79 bits per heavy atom. The van der Waals surface area contributed by atoms with E-state index in [-0.39, 0.29) is 13.1 Å². The van der Waals surface area contributed by atoms with Crippen molar-refractivity contribution in [3.05, 3.63) is 71.4 Å². The molecule has 1 saturated heterocycles. The number of hydroxylamine groups is 1. The van der Waals surface area contributed by atoms with E-state index in [0.29, 0.717) is 17.9 Å². The molecule has 1 aliphatic heterocycles. The highest BCUT2D eigenvalue weighted by molar-refractivity contribution is 5.95. The number of pyridine rings is 1. The van der Waals surface area contributed by atoms with Gasteiger partial charge in [0.05, 0.1) is 17.5 Å². The number of carbonyl (C=O) groups is 3. The lowest BCUT2D eigenvalue weighted by Gasteiger charge is -2.24. The molecule has 4 rings (SSSR count). The largest absolute Gasteiger partial charge is 0.489 e. The third kappa shape index (κ3) is 6.38. The van der Waals surface area contributed by atoms with Crippen LogP contribution in [0.4, 0.5) is 4.79 Å². The highest BCUT2D eigenvalue weighted by atomic mass is 16.6. The Kier molecular flexibility index (Phi) is 7.82. The van der Waals surface area contributed by atoms with E-state index in [2.05, 4.69) is 10.3 Å². The Morgan fingerprint density at radius 3 is 2.47 bits per heavy atom. The summed E-state index contributed by atoms with van der Waals surface area (Å²) in [4.78, 5) is 43.6. The molecule has 3 amide bonds. The van der Waals surface area contributed by atoms with Crippen molar-refractivity contribution in [1.29, 1.82) is 0 Å². The zero-order valence-electron chi connectivity index (χ0n) is 21.9. The number of amides is 3. The summed E-state index contributed by atoms with van der Waals surface area (Å²) < 4.78 is 11.4. The van der Waals surface area contributed by atoms with Crippen LogP contribution in [-0.2, 0) is 16.1 Å². The van der Waals surface area contributed by atoms with Crippen LogP contribution in [0.5, 0.6) is 5.75 Å². The van der Waals surface area contributed by atoms with Crippen LogP contribution in [0, 0.1) is 12.8 Å². The molecule has 0 aliphatic carbocycles. The minimum Gasteiger partial charge on any atom is -0.489 e. The van der Waals surface area contributed by atoms with Crippen molar-refractivity contribution in [2.24, 2.45) is 5.92 Å². The Balaban J connectivity index is 1.40. The summed E-state index contributed by atoms with van der Waals surface area (Å²) in [6.07, 6.45) is -0.594. The number of ether oxygens (including phenoxy) is 2. The Hall–Kier alpha value is -4.18. The molecule has 0 saturated carbocycles. The first-order valence-electron chi connectivity index (χ1n) is 12.3. The molecule has 3 aromatic rings. The molecule has 0 unspecified atom stereocenters. The van der Waals surface area contributed by atoms with Crippen molar-refractivity contribution in [2.75, 3.05) is 13.1 Å². The molecule has 0 spiro atoms. The summed E-state index contributed by atoms with van der Waals surface area (Å²) in [5, 5.41) is 13.0. The van der Waals surface area contributed by atoms with Gasteiger partial charge in [-0.05, 0) is 64.1 Å². The normalized spacial score (nSPS) is 17.2. The first-order valence-corrected chi connectivity index (χ1v) is 12.3. The number of aryl methyl sites for hydroxylation is 1. The Labute approximate surface area is 220 Å². The predicted molar refractivity (Wildman–Crippen MR) is 140 cm³/mol. The monoisotopic (exact) mass is 520 g/mol. The zero-order valence-corrected chi connectivity index (χ0v) is 21.9. The quantitative estimate of drug-likeness (QED) is 0.334. The summed E-state index contributed by atoms with van der Waals surface area (Å²) >= 11 is 0. The molecule has 2 heterocycles. The molecule has 10 nitrogen and oxygen atoms in total. The number of carbonyl (C=O) groups excluding carboxylic acids is 3. The molecule has 38 heavy (non-hydrogen) atoms. The fourth-order valence-corrected chi connectivity index (χ4v) is 4.40. The van der Waals surface area contributed by atoms with Crippen LogP contribution in [0.1, 0.15) is 42.4 Å². The minimum atomic E-state index is -0.835. The molecule has 200 valence electrons. The van der Waals surface area contributed by atoms with Gasteiger partial charge in [0.1, 0.15) is 18.0 Å². The van der Waals surface area contributed by atoms with E-state index in [1.807, 2.05) is 37.3 Å². The SMILES string of the molecule is Cc1cc(COc2ccc(C(=O)N[C@H]3CN(C(=O)OC(C)(C)C)C[C@H]3C(=O)NO)cc2)c2ccccc2n1. The van der Waals surface area contributed by atoms with Crippen LogP contribution in [0.3, 0.4) is 0 Å². The highest BCUT2D eigenvalue weighted by Crippen LogP contribution is 2.23. The van der Waals surface area contributed by atoms with Gasteiger partial charge in [0, 0.05) is 35.3 Å². The van der Waals surface area contributed by atoms with Crippen LogP contribution in [-0.4, -0.2) is 57.7 Å². The van der Waals surface area contributed by atoms with Crippen LogP contribution in [0.15, 0.2) is 54.6 Å². The summed E-state index contributed by atoms with van der Waals surface area (Å²) in [6.45, 7) is 7.58. The van der Waals surface area contributed by atoms with Crippen molar-refractivity contribution < 1.29 is 29.1 Å². The van der Waals surface area contributed by atoms with Crippen LogP contribution in [0.25, 0.3) is 10.9 Å². The number of likely N-dealkylation sites (tertiary alicyclic amines) is 1. The summed E-state index contributed by atoms with van der Waals surface area (Å²) in [7, 11) is 0. The number of fused-ring (bicyclic) bond motifs is 1. The van der Waals surface area contributed by atoms with E-state index >= 15 is 0 Å². The van der Waals surface area contributed by atoms with Gasteiger partial charge in [-0.25, -0.2) is 10.3 Å². The first-order chi connectivity index (χ1) is 18.0. The smallest absolute Gasteiger partial charge is 0.410 e. The lowest BCUT2D eigenvalue weighted by Crippen LogP contribution is -2.45. The van der Waals surface area contributed by atoms with Gasteiger partial charge in [-0.1, -0.05) is 18.2 Å². The number of aromatic nitrogens is 1. The maximum Gasteiger partial charge on any atom is 0.410 e. The summed E-state index contributed by atoms with van der Waals surface area (Å²) in [6, 6.07) is 15.8. The average molecular weight is 521 g/mol. The third-order valence-corrected chi connectivity index (χ3v) is 6.18. The molecular formula is C28H32N4O6. The van der Waals surface area contributed by atoms with E-state index < -0.39 is 35.5 Å².